The molecule has 1 aliphatic rings. The molecule has 0 radical (unpaired) electrons. The monoisotopic (exact) mass is 274 g/mol. The zero-order chi connectivity index (χ0) is 14.6. The van der Waals surface area contributed by atoms with E-state index in [1.165, 1.54) is 5.56 Å². The van der Waals surface area contributed by atoms with E-state index >= 15 is 0 Å². The van der Waals surface area contributed by atoms with E-state index in [0.29, 0.717) is 12.3 Å². The van der Waals surface area contributed by atoms with Gasteiger partial charge in [0.05, 0.1) is 0 Å². The number of hydrogen-bond acceptors (Lipinski definition) is 2. The molecule has 20 heavy (non-hydrogen) atoms. The van der Waals surface area contributed by atoms with Crippen LogP contribution in [-0.4, -0.2) is 29.4 Å². The lowest BCUT2D eigenvalue weighted by atomic mass is 9.93. The summed E-state index contributed by atoms with van der Waals surface area (Å²) < 4.78 is 0. The molecular weight excluding hydrogens is 248 g/mol. The highest BCUT2D eigenvalue weighted by atomic mass is 16.2. The van der Waals surface area contributed by atoms with Gasteiger partial charge in [0.25, 0.3) is 0 Å². The van der Waals surface area contributed by atoms with Crippen LogP contribution in [0.1, 0.15) is 51.6 Å². The van der Waals surface area contributed by atoms with Crippen LogP contribution in [0, 0.1) is 0 Å². The number of carbonyl (C=O) groups is 1. The normalized spacial score (nSPS) is 21.8. The van der Waals surface area contributed by atoms with Gasteiger partial charge in [-0.3, -0.25) is 4.79 Å². The Labute approximate surface area is 122 Å². The van der Waals surface area contributed by atoms with Crippen molar-refractivity contribution in [2.45, 2.75) is 51.6 Å². The van der Waals surface area contributed by atoms with Gasteiger partial charge in [0.15, 0.2) is 0 Å². The number of rotatable bonds is 4. The molecule has 1 unspecified atom stereocenters. The van der Waals surface area contributed by atoms with Crippen molar-refractivity contribution in [2.75, 3.05) is 13.1 Å². The number of nitrogens with one attached hydrogen (secondary N) is 1. The molecule has 1 saturated heterocycles. The Hall–Kier alpha value is -1.35. The van der Waals surface area contributed by atoms with Gasteiger partial charge in [-0.05, 0) is 25.8 Å². The van der Waals surface area contributed by atoms with Crippen molar-refractivity contribution in [3.05, 3.63) is 35.9 Å². The first kappa shape index (κ1) is 15.0. The number of nitrogens with zero attached hydrogens (tertiary/aromatic N) is 1. The summed E-state index contributed by atoms with van der Waals surface area (Å²) in [6.07, 6.45) is 2.72. The summed E-state index contributed by atoms with van der Waals surface area (Å²) in [6.45, 7) is 8.02. The summed E-state index contributed by atoms with van der Waals surface area (Å²) in [4.78, 5) is 14.5. The molecule has 1 N–H and O–H groups in total. The lowest BCUT2D eigenvalue weighted by Crippen LogP contribution is -2.60. The maximum atomic E-state index is 12.4. The van der Waals surface area contributed by atoms with E-state index < -0.39 is 0 Å². The predicted molar refractivity (Wildman–Crippen MR) is 82.5 cm³/mol. The minimum absolute atomic E-state index is 0.101. The molecule has 1 heterocycles. The minimum atomic E-state index is -0.101. The molecule has 1 aromatic carbocycles. The number of unbranched alkanes of at least 4 members (excludes halogenated alkanes) is 1. The van der Waals surface area contributed by atoms with Crippen LogP contribution >= 0.6 is 0 Å². The fraction of sp³-hybridized carbons (Fsp3) is 0.588. The Balaban J connectivity index is 2.10. The Morgan fingerprint density at radius 2 is 2.05 bits per heavy atom. The van der Waals surface area contributed by atoms with E-state index in [4.69, 9.17) is 0 Å². The van der Waals surface area contributed by atoms with Gasteiger partial charge in [0.2, 0.25) is 5.91 Å². The van der Waals surface area contributed by atoms with Gasteiger partial charge in [0, 0.05) is 31.1 Å². The van der Waals surface area contributed by atoms with Gasteiger partial charge in [-0.1, -0.05) is 43.7 Å². The van der Waals surface area contributed by atoms with Crippen molar-refractivity contribution >= 4 is 5.91 Å². The molecule has 1 amide bonds. The largest absolute Gasteiger partial charge is 0.334 e. The second-order valence-electron chi connectivity index (χ2n) is 6.26. The first-order chi connectivity index (χ1) is 9.54. The van der Waals surface area contributed by atoms with Crippen molar-refractivity contribution in [3.8, 4) is 0 Å². The third kappa shape index (κ3) is 3.40. The first-order valence-corrected chi connectivity index (χ1v) is 7.63. The highest BCUT2D eigenvalue weighted by Gasteiger charge is 2.36. The maximum Gasteiger partial charge on any atom is 0.223 e. The van der Waals surface area contributed by atoms with Gasteiger partial charge in [0.1, 0.15) is 0 Å². The summed E-state index contributed by atoms with van der Waals surface area (Å²) in [5, 5.41) is 3.57. The van der Waals surface area contributed by atoms with Crippen molar-refractivity contribution < 1.29 is 4.79 Å². The molecule has 0 spiro atoms. The second-order valence-corrected chi connectivity index (χ2v) is 6.26. The van der Waals surface area contributed by atoms with Crippen LogP contribution in [0.4, 0.5) is 0 Å². The standard InChI is InChI=1S/C17H26N2O/c1-4-5-11-16(20)19-12-15(18-13-17(19,2)3)14-9-7-6-8-10-14/h6-10,15,18H,4-5,11-13H2,1-3H3. The molecular formula is C17H26N2O. The SMILES string of the molecule is CCCCC(=O)N1CC(c2ccccc2)NCC1(C)C. The summed E-state index contributed by atoms with van der Waals surface area (Å²) in [5.74, 6) is 0.291. The molecule has 3 heteroatoms. The highest BCUT2D eigenvalue weighted by Crippen LogP contribution is 2.26. The van der Waals surface area contributed by atoms with E-state index in [9.17, 15) is 4.79 Å². The molecule has 1 aliphatic heterocycles. The van der Waals surface area contributed by atoms with E-state index in [1.807, 2.05) is 6.07 Å². The second kappa shape index (κ2) is 6.40. The van der Waals surface area contributed by atoms with Gasteiger partial charge in [-0.2, -0.15) is 0 Å². The van der Waals surface area contributed by atoms with Crippen LogP contribution in [0.25, 0.3) is 0 Å². The summed E-state index contributed by atoms with van der Waals surface area (Å²) >= 11 is 0. The molecule has 0 aromatic heterocycles. The zero-order valence-corrected chi connectivity index (χ0v) is 12.9. The Morgan fingerprint density at radius 1 is 1.35 bits per heavy atom. The van der Waals surface area contributed by atoms with Crippen molar-refractivity contribution in [1.29, 1.82) is 0 Å². The number of benzene rings is 1. The Morgan fingerprint density at radius 3 is 2.70 bits per heavy atom. The van der Waals surface area contributed by atoms with Crippen LogP contribution in [0.5, 0.6) is 0 Å². The fourth-order valence-corrected chi connectivity index (χ4v) is 2.77. The van der Waals surface area contributed by atoms with Crippen LogP contribution in [0.2, 0.25) is 0 Å². The molecule has 2 rings (SSSR count). The van der Waals surface area contributed by atoms with E-state index in [2.05, 4.69) is 55.3 Å². The van der Waals surface area contributed by atoms with Gasteiger partial charge in [-0.15, -0.1) is 0 Å². The number of amides is 1. The van der Waals surface area contributed by atoms with Crippen molar-refractivity contribution in [3.63, 3.8) is 0 Å². The van der Waals surface area contributed by atoms with E-state index in [0.717, 1.165) is 25.9 Å². The van der Waals surface area contributed by atoms with Crippen LogP contribution in [0.15, 0.2) is 30.3 Å². The minimum Gasteiger partial charge on any atom is -0.334 e. The molecule has 0 bridgehead atoms. The van der Waals surface area contributed by atoms with Crippen molar-refractivity contribution in [1.82, 2.24) is 10.2 Å². The molecule has 110 valence electrons. The summed E-state index contributed by atoms with van der Waals surface area (Å²) in [5.41, 5.74) is 1.16. The van der Waals surface area contributed by atoms with E-state index in [1.54, 1.807) is 0 Å². The lowest BCUT2D eigenvalue weighted by molar-refractivity contribution is -0.139. The number of piperazine rings is 1. The summed E-state index contributed by atoms with van der Waals surface area (Å²) in [7, 11) is 0. The van der Waals surface area contributed by atoms with Gasteiger partial charge < -0.3 is 10.2 Å². The van der Waals surface area contributed by atoms with E-state index in [-0.39, 0.29) is 11.6 Å². The smallest absolute Gasteiger partial charge is 0.223 e. The number of carbonyl (C=O) groups excluding carboxylic acids is 1. The molecule has 3 nitrogen and oxygen atoms in total. The first-order valence-electron chi connectivity index (χ1n) is 7.63. The average molecular weight is 274 g/mol. The van der Waals surface area contributed by atoms with Gasteiger partial charge in [-0.25, -0.2) is 0 Å². The third-order valence-corrected chi connectivity index (χ3v) is 4.12. The van der Waals surface area contributed by atoms with Crippen LogP contribution in [0.3, 0.4) is 0 Å². The predicted octanol–water partition coefficient (Wildman–Crippen LogP) is 3.13. The molecule has 1 fully saturated rings. The Kier molecular flexibility index (Phi) is 4.81. The highest BCUT2D eigenvalue weighted by molar-refractivity contribution is 5.77. The average Bonchev–Trinajstić information content (AvgIpc) is 2.45. The summed E-state index contributed by atoms with van der Waals surface area (Å²) in [6, 6.07) is 10.6. The topological polar surface area (TPSA) is 32.3 Å². The van der Waals surface area contributed by atoms with Crippen molar-refractivity contribution in [2.24, 2.45) is 0 Å². The fourth-order valence-electron chi connectivity index (χ4n) is 2.77. The van der Waals surface area contributed by atoms with Crippen LogP contribution in [-0.2, 0) is 4.79 Å². The molecule has 0 saturated carbocycles. The molecule has 1 aromatic rings. The number of hydrogen-bond donors (Lipinski definition) is 1. The lowest BCUT2D eigenvalue weighted by Gasteiger charge is -2.46. The maximum absolute atomic E-state index is 12.4. The van der Waals surface area contributed by atoms with Crippen LogP contribution < -0.4 is 5.32 Å². The van der Waals surface area contributed by atoms with Gasteiger partial charge >= 0.3 is 0 Å². The quantitative estimate of drug-likeness (QED) is 0.915. The Bertz CT molecular complexity index is 442. The molecule has 1 atom stereocenters. The molecule has 0 aliphatic carbocycles. The third-order valence-electron chi connectivity index (χ3n) is 4.12. The zero-order valence-electron chi connectivity index (χ0n) is 12.9.